The first-order chi connectivity index (χ1) is 8.24. The molecule has 0 bridgehead atoms. The minimum Gasteiger partial charge on any atom is -0.478 e. The number of carbonyl (C=O) groups is 1. The Bertz CT molecular complexity index is 517. The third-order valence-corrected chi connectivity index (χ3v) is 4.08. The summed E-state index contributed by atoms with van der Waals surface area (Å²) in [5.41, 5.74) is 0. The van der Waals surface area contributed by atoms with Gasteiger partial charge in [0, 0.05) is 34.0 Å². The topological polar surface area (TPSA) is 66.0 Å². The second-order valence-corrected chi connectivity index (χ2v) is 5.32. The zero-order chi connectivity index (χ0) is 12.1. The Morgan fingerprint density at radius 3 is 3.18 bits per heavy atom. The van der Waals surface area contributed by atoms with Crippen LogP contribution in [-0.4, -0.2) is 21.0 Å². The van der Waals surface area contributed by atoms with Crippen LogP contribution in [0.3, 0.4) is 0 Å². The van der Waals surface area contributed by atoms with E-state index in [0.29, 0.717) is 0 Å². The Morgan fingerprint density at radius 2 is 2.47 bits per heavy atom. The number of aromatic amines is 1. The van der Waals surface area contributed by atoms with Crippen LogP contribution in [0.1, 0.15) is 9.75 Å². The van der Waals surface area contributed by atoms with Gasteiger partial charge in [0.15, 0.2) is 5.16 Å². The van der Waals surface area contributed by atoms with Crippen LogP contribution >= 0.6 is 23.1 Å². The molecule has 17 heavy (non-hydrogen) atoms. The molecule has 0 atom stereocenters. The zero-order valence-electron chi connectivity index (χ0n) is 8.79. The van der Waals surface area contributed by atoms with Crippen molar-refractivity contribution in [3.63, 3.8) is 0 Å². The Hall–Kier alpha value is -1.53. The summed E-state index contributed by atoms with van der Waals surface area (Å²) in [6.45, 7) is 0. The second kappa shape index (κ2) is 5.70. The lowest BCUT2D eigenvalue weighted by Gasteiger charge is -1.93. The zero-order valence-corrected chi connectivity index (χ0v) is 10.4. The van der Waals surface area contributed by atoms with E-state index < -0.39 is 5.97 Å². The van der Waals surface area contributed by atoms with Crippen molar-refractivity contribution in [3.05, 3.63) is 40.4 Å². The fourth-order valence-electron chi connectivity index (χ4n) is 1.18. The van der Waals surface area contributed by atoms with Crippen molar-refractivity contribution in [3.8, 4) is 0 Å². The van der Waals surface area contributed by atoms with Gasteiger partial charge in [0.05, 0.1) is 0 Å². The highest BCUT2D eigenvalue weighted by atomic mass is 32.2. The SMILES string of the molecule is O=C(O)/C=C/c1ccc(CSc2ncc[nH]2)s1. The average molecular weight is 266 g/mol. The molecule has 0 saturated carbocycles. The maximum absolute atomic E-state index is 10.4. The molecule has 0 aliphatic carbocycles. The normalized spacial score (nSPS) is 11.1. The highest BCUT2D eigenvalue weighted by Gasteiger charge is 2.01. The molecule has 0 aliphatic rings. The first-order valence-electron chi connectivity index (χ1n) is 4.86. The summed E-state index contributed by atoms with van der Waals surface area (Å²) in [5.74, 6) is -0.0936. The number of thioether (sulfide) groups is 1. The van der Waals surface area contributed by atoms with Crippen LogP contribution in [-0.2, 0) is 10.5 Å². The van der Waals surface area contributed by atoms with E-state index in [1.807, 2.05) is 12.1 Å². The molecule has 2 heterocycles. The van der Waals surface area contributed by atoms with Gasteiger partial charge in [-0.15, -0.1) is 11.3 Å². The molecule has 2 aromatic heterocycles. The number of rotatable bonds is 5. The van der Waals surface area contributed by atoms with Gasteiger partial charge in [-0.3, -0.25) is 0 Å². The second-order valence-electron chi connectivity index (χ2n) is 3.16. The molecule has 6 heteroatoms. The first kappa shape index (κ1) is 11.9. The number of aromatic nitrogens is 2. The molecule has 0 saturated heterocycles. The molecular weight excluding hydrogens is 256 g/mol. The smallest absolute Gasteiger partial charge is 0.328 e. The highest BCUT2D eigenvalue weighted by molar-refractivity contribution is 7.98. The van der Waals surface area contributed by atoms with Crippen molar-refractivity contribution in [2.24, 2.45) is 0 Å². The van der Waals surface area contributed by atoms with E-state index in [4.69, 9.17) is 5.11 Å². The molecule has 0 unspecified atom stereocenters. The molecule has 2 aromatic rings. The molecule has 0 aliphatic heterocycles. The number of thiophene rings is 1. The van der Waals surface area contributed by atoms with E-state index in [1.165, 1.54) is 4.88 Å². The Morgan fingerprint density at radius 1 is 1.59 bits per heavy atom. The van der Waals surface area contributed by atoms with Crippen molar-refractivity contribution >= 4 is 35.1 Å². The third kappa shape index (κ3) is 3.76. The molecule has 88 valence electrons. The number of nitrogens with zero attached hydrogens (tertiary/aromatic N) is 1. The van der Waals surface area contributed by atoms with Gasteiger partial charge >= 0.3 is 5.97 Å². The van der Waals surface area contributed by atoms with E-state index in [0.717, 1.165) is 21.9 Å². The van der Waals surface area contributed by atoms with Gasteiger partial charge in [0.25, 0.3) is 0 Å². The van der Waals surface area contributed by atoms with E-state index in [1.54, 1.807) is 41.6 Å². The third-order valence-electron chi connectivity index (χ3n) is 1.90. The fraction of sp³-hybridized carbons (Fsp3) is 0.0909. The van der Waals surface area contributed by atoms with E-state index in [9.17, 15) is 4.79 Å². The van der Waals surface area contributed by atoms with Crippen LogP contribution in [0, 0.1) is 0 Å². The predicted octanol–water partition coefficient (Wildman–Crippen LogP) is 2.86. The van der Waals surface area contributed by atoms with Crippen LogP contribution in [0.2, 0.25) is 0 Å². The number of hydrogen-bond donors (Lipinski definition) is 2. The van der Waals surface area contributed by atoms with Gasteiger partial charge in [0.2, 0.25) is 0 Å². The number of aliphatic carboxylic acids is 1. The molecule has 2 rings (SSSR count). The number of hydrogen-bond acceptors (Lipinski definition) is 4. The first-order valence-corrected chi connectivity index (χ1v) is 6.66. The van der Waals surface area contributed by atoms with Crippen molar-refractivity contribution in [1.82, 2.24) is 9.97 Å². The Balaban J connectivity index is 1.92. The van der Waals surface area contributed by atoms with Crippen LogP contribution in [0.15, 0.2) is 35.8 Å². The van der Waals surface area contributed by atoms with Crippen LogP contribution in [0.5, 0.6) is 0 Å². The summed E-state index contributed by atoms with van der Waals surface area (Å²) in [7, 11) is 0. The summed E-state index contributed by atoms with van der Waals surface area (Å²) in [6.07, 6.45) is 6.26. The molecule has 2 N–H and O–H groups in total. The molecule has 0 amide bonds. The number of nitrogens with one attached hydrogen (secondary N) is 1. The summed E-state index contributed by atoms with van der Waals surface area (Å²) < 4.78 is 0. The molecule has 4 nitrogen and oxygen atoms in total. The highest BCUT2D eigenvalue weighted by Crippen LogP contribution is 2.25. The van der Waals surface area contributed by atoms with Crippen LogP contribution in [0.4, 0.5) is 0 Å². The van der Waals surface area contributed by atoms with Gasteiger partial charge in [0.1, 0.15) is 0 Å². The lowest BCUT2D eigenvalue weighted by Crippen LogP contribution is -1.84. The Labute approximate surface area is 106 Å². The minimum atomic E-state index is -0.926. The molecule has 0 spiro atoms. The minimum absolute atomic E-state index is 0.832. The molecule has 0 fully saturated rings. The summed E-state index contributed by atoms with van der Waals surface area (Å²) in [5, 5.41) is 9.40. The standard InChI is InChI=1S/C11H10N2O2S2/c14-10(15)4-3-8-1-2-9(17-8)7-16-11-12-5-6-13-11/h1-6H,7H2,(H,12,13)(H,14,15)/b4-3+. The number of carboxylic acid groups (broad SMARTS) is 1. The molecule has 0 aromatic carbocycles. The average Bonchev–Trinajstić information content (AvgIpc) is 2.95. The van der Waals surface area contributed by atoms with Gasteiger partial charge in [-0.25, -0.2) is 9.78 Å². The van der Waals surface area contributed by atoms with Crippen LogP contribution < -0.4 is 0 Å². The van der Waals surface area contributed by atoms with E-state index >= 15 is 0 Å². The monoisotopic (exact) mass is 266 g/mol. The van der Waals surface area contributed by atoms with Crippen molar-refractivity contribution in [2.75, 3.05) is 0 Å². The van der Waals surface area contributed by atoms with Crippen LogP contribution in [0.25, 0.3) is 6.08 Å². The number of H-pyrrole nitrogens is 1. The summed E-state index contributed by atoms with van der Waals surface area (Å²) in [6, 6.07) is 3.92. The van der Waals surface area contributed by atoms with E-state index in [2.05, 4.69) is 9.97 Å². The maximum atomic E-state index is 10.4. The summed E-state index contributed by atoms with van der Waals surface area (Å²) >= 11 is 3.21. The quantitative estimate of drug-likeness (QED) is 0.645. The van der Waals surface area contributed by atoms with Gasteiger partial charge in [-0.05, 0) is 18.2 Å². The predicted molar refractivity (Wildman–Crippen MR) is 69.1 cm³/mol. The number of carboxylic acids is 1. The van der Waals surface area contributed by atoms with Gasteiger partial charge in [-0.1, -0.05) is 11.8 Å². The summed E-state index contributed by atoms with van der Waals surface area (Å²) in [4.78, 5) is 19.6. The molecule has 0 radical (unpaired) electrons. The van der Waals surface area contributed by atoms with Crippen molar-refractivity contribution in [1.29, 1.82) is 0 Å². The lowest BCUT2D eigenvalue weighted by atomic mass is 10.4. The maximum Gasteiger partial charge on any atom is 0.328 e. The van der Waals surface area contributed by atoms with Crippen molar-refractivity contribution in [2.45, 2.75) is 10.9 Å². The Kier molecular flexibility index (Phi) is 4.00. The van der Waals surface area contributed by atoms with Crippen molar-refractivity contribution < 1.29 is 9.90 Å². The molecular formula is C11H10N2O2S2. The number of imidazole rings is 1. The van der Waals surface area contributed by atoms with Gasteiger partial charge in [-0.2, -0.15) is 0 Å². The van der Waals surface area contributed by atoms with E-state index in [-0.39, 0.29) is 0 Å². The van der Waals surface area contributed by atoms with Gasteiger partial charge < -0.3 is 10.1 Å². The largest absolute Gasteiger partial charge is 0.478 e. The lowest BCUT2D eigenvalue weighted by molar-refractivity contribution is -0.131. The fourth-order valence-corrected chi connectivity index (χ4v) is 2.97.